The minimum atomic E-state index is -0.0292. The molecule has 2 nitrogen and oxygen atoms in total. The van der Waals surface area contributed by atoms with Gasteiger partial charge in [-0.1, -0.05) is 19.4 Å². The summed E-state index contributed by atoms with van der Waals surface area (Å²) in [6, 6.07) is 0. The van der Waals surface area contributed by atoms with Crippen LogP contribution in [0.5, 0.6) is 0 Å². The molecule has 1 heterocycles. The Labute approximate surface area is 79.0 Å². The largest absolute Gasteiger partial charge is 0.457 e. The van der Waals surface area contributed by atoms with E-state index in [0.29, 0.717) is 0 Å². The van der Waals surface area contributed by atoms with Crippen LogP contribution in [0.4, 0.5) is 0 Å². The van der Waals surface area contributed by atoms with Crippen molar-refractivity contribution in [1.82, 2.24) is 0 Å². The Balaban J connectivity index is 2.35. The van der Waals surface area contributed by atoms with E-state index in [4.69, 9.17) is 4.74 Å². The number of fused-ring (bicyclic) bond motifs is 1. The third-order valence-corrected chi connectivity index (χ3v) is 3.73. The maximum absolute atomic E-state index is 11.4. The highest BCUT2D eigenvalue weighted by Gasteiger charge is 2.51. The van der Waals surface area contributed by atoms with Crippen LogP contribution < -0.4 is 0 Å². The summed E-state index contributed by atoms with van der Waals surface area (Å²) in [4.78, 5) is 11.4. The van der Waals surface area contributed by atoms with Gasteiger partial charge in [-0.15, -0.1) is 0 Å². The fraction of sp³-hybridized carbons (Fsp3) is 0.727. The topological polar surface area (TPSA) is 26.3 Å². The van der Waals surface area contributed by atoms with Crippen molar-refractivity contribution in [2.24, 2.45) is 11.3 Å². The predicted molar refractivity (Wildman–Crippen MR) is 50.1 cm³/mol. The van der Waals surface area contributed by atoms with E-state index >= 15 is 0 Å². The maximum atomic E-state index is 11.4. The molecule has 2 heteroatoms. The van der Waals surface area contributed by atoms with E-state index in [0.717, 1.165) is 12.8 Å². The fourth-order valence-corrected chi connectivity index (χ4v) is 2.27. The van der Waals surface area contributed by atoms with Gasteiger partial charge >= 0.3 is 5.97 Å². The lowest BCUT2D eigenvalue weighted by atomic mass is 9.69. The highest BCUT2D eigenvalue weighted by molar-refractivity contribution is 5.76. The van der Waals surface area contributed by atoms with Crippen LogP contribution in [-0.2, 0) is 9.53 Å². The molecule has 0 N–H and O–H groups in total. The Morgan fingerprint density at radius 2 is 2.31 bits per heavy atom. The number of ether oxygens (including phenoxy) is 1. The van der Waals surface area contributed by atoms with E-state index in [-0.39, 0.29) is 23.4 Å². The monoisotopic (exact) mass is 180 g/mol. The molecular formula is C11H16O2. The van der Waals surface area contributed by atoms with Crippen molar-refractivity contribution in [2.45, 2.75) is 39.7 Å². The summed E-state index contributed by atoms with van der Waals surface area (Å²) in [6.07, 6.45) is 4.33. The second-order valence-electron chi connectivity index (χ2n) is 4.60. The van der Waals surface area contributed by atoms with Crippen LogP contribution in [0.2, 0.25) is 0 Å². The van der Waals surface area contributed by atoms with Gasteiger partial charge in [0, 0.05) is 5.41 Å². The zero-order chi connectivity index (χ0) is 9.64. The molecule has 0 aromatic rings. The molecule has 3 atom stereocenters. The van der Waals surface area contributed by atoms with Crippen LogP contribution in [0.25, 0.3) is 0 Å². The lowest BCUT2D eigenvalue weighted by Crippen LogP contribution is -2.33. The second-order valence-corrected chi connectivity index (χ2v) is 4.60. The number of esters is 1. The van der Waals surface area contributed by atoms with E-state index in [1.165, 1.54) is 5.57 Å². The second kappa shape index (κ2) is 2.60. The molecular weight excluding hydrogens is 164 g/mol. The highest BCUT2D eigenvalue weighted by atomic mass is 16.6. The van der Waals surface area contributed by atoms with Crippen LogP contribution in [0.3, 0.4) is 0 Å². The number of hydrogen-bond donors (Lipinski definition) is 0. The summed E-state index contributed by atoms with van der Waals surface area (Å²) in [5.74, 6) is 0.0281. The Morgan fingerprint density at radius 3 is 3.00 bits per heavy atom. The van der Waals surface area contributed by atoms with Gasteiger partial charge < -0.3 is 4.74 Å². The molecule has 1 aliphatic heterocycles. The quantitative estimate of drug-likeness (QED) is 0.422. The first-order valence-corrected chi connectivity index (χ1v) is 4.92. The molecule has 0 spiro atoms. The van der Waals surface area contributed by atoms with E-state index in [2.05, 4.69) is 19.9 Å². The van der Waals surface area contributed by atoms with Gasteiger partial charge in [-0.3, -0.25) is 4.79 Å². The Hall–Kier alpha value is -0.790. The van der Waals surface area contributed by atoms with Gasteiger partial charge in [-0.05, 0) is 25.8 Å². The van der Waals surface area contributed by atoms with E-state index in [9.17, 15) is 4.79 Å². The van der Waals surface area contributed by atoms with Crippen molar-refractivity contribution >= 4 is 5.97 Å². The summed E-state index contributed by atoms with van der Waals surface area (Å²) < 4.78 is 5.34. The maximum Gasteiger partial charge on any atom is 0.309 e. The van der Waals surface area contributed by atoms with Gasteiger partial charge in [-0.25, -0.2) is 0 Å². The van der Waals surface area contributed by atoms with Crippen molar-refractivity contribution in [2.75, 3.05) is 0 Å². The van der Waals surface area contributed by atoms with Gasteiger partial charge in [0.15, 0.2) is 0 Å². The van der Waals surface area contributed by atoms with Gasteiger partial charge in [0.2, 0.25) is 0 Å². The smallest absolute Gasteiger partial charge is 0.309 e. The molecule has 0 amide bonds. The molecule has 0 aromatic heterocycles. The zero-order valence-electron chi connectivity index (χ0n) is 8.46. The minimum Gasteiger partial charge on any atom is -0.457 e. The molecule has 0 saturated carbocycles. The van der Waals surface area contributed by atoms with Gasteiger partial charge in [0.05, 0.1) is 5.92 Å². The Kier molecular flexibility index (Phi) is 1.76. The summed E-state index contributed by atoms with van der Waals surface area (Å²) in [5.41, 5.74) is 1.40. The van der Waals surface area contributed by atoms with Crippen LogP contribution in [-0.4, -0.2) is 12.1 Å². The van der Waals surface area contributed by atoms with Crippen molar-refractivity contribution in [3.63, 3.8) is 0 Å². The van der Waals surface area contributed by atoms with Gasteiger partial charge in [0.25, 0.3) is 0 Å². The molecule has 1 saturated heterocycles. The predicted octanol–water partition coefficient (Wildman–Crippen LogP) is 2.29. The molecule has 1 fully saturated rings. The first-order chi connectivity index (χ1) is 6.04. The van der Waals surface area contributed by atoms with Crippen LogP contribution in [0.1, 0.15) is 33.6 Å². The minimum absolute atomic E-state index is 0.0292. The number of allylic oxidation sites excluding steroid dienone is 1. The fourth-order valence-electron chi connectivity index (χ4n) is 2.27. The summed E-state index contributed by atoms with van der Waals surface area (Å²) in [7, 11) is 0. The average molecular weight is 180 g/mol. The lowest BCUT2D eigenvalue weighted by molar-refractivity contribution is -0.142. The van der Waals surface area contributed by atoms with Crippen molar-refractivity contribution in [1.29, 1.82) is 0 Å². The van der Waals surface area contributed by atoms with Gasteiger partial charge in [0.1, 0.15) is 6.10 Å². The lowest BCUT2D eigenvalue weighted by Gasteiger charge is -2.33. The third kappa shape index (κ3) is 1.11. The van der Waals surface area contributed by atoms with Gasteiger partial charge in [-0.2, -0.15) is 0 Å². The molecule has 13 heavy (non-hydrogen) atoms. The van der Waals surface area contributed by atoms with E-state index in [1.807, 2.05) is 6.92 Å². The Morgan fingerprint density at radius 1 is 1.62 bits per heavy atom. The number of rotatable bonds is 0. The number of carbonyl (C=O) groups is 1. The molecule has 72 valence electrons. The highest BCUT2D eigenvalue weighted by Crippen LogP contribution is 2.47. The number of hydrogen-bond acceptors (Lipinski definition) is 2. The third-order valence-electron chi connectivity index (χ3n) is 3.73. The average Bonchev–Trinajstić information content (AvgIpc) is 2.29. The summed E-state index contributed by atoms with van der Waals surface area (Å²) >= 11 is 0. The van der Waals surface area contributed by atoms with Crippen LogP contribution in [0, 0.1) is 11.3 Å². The van der Waals surface area contributed by atoms with Crippen LogP contribution >= 0.6 is 0 Å². The SMILES string of the molecule is CC1=C[C@@H]2OC(=O)[C@@H](C)[C@@]2(C)CC1. The van der Waals surface area contributed by atoms with Crippen molar-refractivity contribution in [3.8, 4) is 0 Å². The molecule has 1 aliphatic carbocycles. The molecule has 2 rings (SSSR count). The first kappa shape index (κ1) is 8.79. The summed E-state index contributed by atoms with van der Waals surface area (Å²) in [5, 5.41) is 0. The molecule has 0 aromatic carbocycles. The molecule has 0 radical (unpaired) electrons. The zero-order valence-corrected chi connectivity index (χ0v) is 8.46. The van der Waals surface area contributed by atoms with Crippen molar-refractivity contribution < 1.29 is 9.53 Å². The molecule has 2 aliphatic rings. The number of carbonyl (C=O) groups excluding carboxylic acids is 1. The van der Waals surface area contributed by atoms with Crippen molar-refractivity contribution in [3.05, 3.63) is 11.6 Å². The van der Waals surface area contributed by atoms with Crippen LogP contribution in [0.15, 0.2) is 11.6 Å². The van der Waals surface area contributed by atoms with E-state index in [1.54, 1.807) is 0 Å². The Bertz CT molecular complexity index is 280. The standard InChI is InChI=1S/C11H16O2/c1-7-4-5-11(3)8(2)10(12)13-9(11)6-7/h6,8-9H,4-5H2,1-3H3/t8-,9+,11-/m1/s1. The van der Waals surface area contributed by atoms with E-state index < -0.39 is 0 Å². The molecule has 0 bridgehead atoms. The summed E-state index contributed by atoms with van der Waals surface area (Å²) in [6.45, 7) is 6.25. The first-order valence-electron chi connectivity index (χ1n) is 4.92. The normalized spacial score (nSPS) is 43.9. The molecule has 0 unspecified atom stereocenters.